The van der Waals surface area contributed by atoms with Gasteiger partial charge in [-0.05, 0) is 31.7 Å². The van der Waals surface area contributed by atoms with Crippen LogP contribution in [0.5, 0.6) is 0 Å². The first kappa shape index (κ1) is 13.1. The van der Waals surface area contributed by atoms with E-state index in [-0.39, 0.29) is 11.4 Å². The molecule has 1 aliphatic rings. The Balaban J connectivity index is 2.03. The fourth-order valence-corrected chi connectivity index (χ4v) is 2.90. The summed E-state index contributed by atoms with van der Waals surface area (Å²) in [5.41, 5.74) is 6.07. The van der Waals surface area contributed by atoms with Gasteiger partial charge in [0.2, 0.25) is 0 Å². The number of hydrogen-bond acceptors (Lipinski definition) is 3. The quantitative estimate of drug-likeness (QED) is 0.820. The molecule has 0 spiro atoms. The number of rotatable bonds is 3. The zero-order valence-electron chi connectivity index (χ0n) is 10.6. The number of amides is 1. The number of nitrogens with one attached hydrogen (secondary N) is 1. The minimum atomic E-state index is 0.0219. The van der Waals surface area contributed by atoms with Crippen LogP contribution in [0.25, 0.3) is 0 Å². The van der Waals surface area contributed by atoms with E-state index in [4.69, 9.17) is 5.73 Å². The van der Waals surface area contributed by atoms with Crippen LogP contribution in [0.2, 0.25) is 0 Å². The number of carbonyl (C=O) groups excluding carboxylic acids is 1. The molecular formula is C14H18N2OS. The lowest BCUT2D eigenvalue weighted by atomic mass is 9.75. The van der Waals surface area contributed by atoms with Gasteiger partial charge in [0.15, 0.2) is 0 Å². The fraction of sp³-hybridized carbons (Fsp3) is 0.500. The molecule has 1 amide bonds. The molecule has 2 rings (SSSR count). The van der Waals surface area contributed by atoms with Gasteiger partial charge in [-0.3, -0.25) is 4.79 Å². The van der Waals surface area contributed by atoms with Gasteiger partial charge in [-0.25, -0.2) is 0 Å². The maximum Gasteiger partial charge on any atom is 0.252 e. The Hall–Kier alpha value is -1.31. The van der Waals surface area contributed by atoms with Crippen LogP contribution >= 0.6 is 11.3 Å². The molecule has 96 valence electrons. The van der Waals surface area contributed by atoms with Crippen molar-refractivity contribution in [1.29, 1.82) is 0 Å². The molecule has 3 N–H and O–H groups in total. The molecule has 0 aromatic carbocycles. The highest BCUT2D eigenvalue weighted by Crippen LogP contribution is 2.34. The van der Waals surface area contributed by atoms with Crippen molar-refractivity contribution < 1.29 is 4.79 Å². The SMILES string of the molecule is CCC1(NC(=O)c2csc(C#CCN)c2)CCC1. The molecule has 0 unspecified atom stereocenters. The summed E-state index contributed by atoms with van der Waals surface area (Å²) in [6.45, 7) is 2.48. The van der Waals surface area contributed by atoms with Crippen molar-refractivity contribution in [2.45, 2.75) is 38.1 Å². The molecule has 1 aliphatic carbocycles. The molecule has 1 saturated carbocycles. The van der Waals surface area contributed by atoms with Gasteiger partial charge in [0.1, 0.15) is 0 Å². The van der Waals surface area contributed by atoms with Crippen LogP contribution in [-0.4, -0.2) is 18.0 Å². The summed E-state index contributed by atoms with van der Waals surface area (Å²) in [4.78, 5) is 13.0. The zero-order valence-corrected chi connectivity index (χ0v) is 11.4. The maximum absolute atomic E-state index is 12.1. The molecule has 1 fully saturated rings. The average Bonchev–Trinajstić information content (AvgIpc) is 2.80. The first-order valence-electron chi connectivity index (χ1n) is 6.29. The second-order valence-corrected chi connectivity index (χ2v) is 5.56. The molecule has 3 nitrogen and oxygen atoms in total. The van der Waals surface area contributed by atoms with E-state index in [2.05, 4.69) is 24.1 Å². The molecule has 1 aromatic rings. The van der Waals surface area contributed by atoms with E-state index in [9.17, 15) is 4.79 Å². The molecule has 0 radical (unpaired) electrons. The van der Waals surface area contributed by atoms with E-state index < -0.39 is 0 Å². The largest absolute Gasteiger partial charge is 0.347 e. The van der Waals surface area contributed by atoms with Gasteiger partial charge in [0.25, 0.3) is 5.91 Å². The van der Waals surface area contributed by atoms with Gasteiger partial charge in [-0.1, -0.05) is 18.8 Å². The molecular weight excluding hydrogens is 244 g/mol. The number of nitrogens with two attached hydrogens (primary N) is 1. The van der Waals surface area contributed by atoms with Gasteiger partial charge in [0.05, 0.1) is 17.0 Å². The predicted octanol–water partition coefficient (Wildman–Crippen LogP) is 2.12. The molecule has 1 heterocycles. The Morgan fingerprint density at radius 1 is 1.61 bits per heavy atom. The molecule has 0 saturated heterocycles. The summed E-state index contributed by atoms with van der Waals surface area (Å²) in [5.74, 6) is 5.76. The van der Waals surface area contributed by atoms with E-state index in [1.165, 1.54) is 17.8 Å². The zero-order chi connectivity index (χ0) is 13.0. The van der Waals surface area contributed by atoms with Gasteiger partial charge in [0, 0.05) is 10.9 Å². The normalized spacial score (nSPS) is 16.3. The Bertz CT molecular complexity index is 486. The van der Waals surface area contributed by atoms with Gasteiger partial charge < -0.3 is 11.1 Å². The molecule has 18 heavy (non-hydrogen) atoms. The highest BCUT2D eigenvalue weighted by Gasteiger charge is 2.36. The summed E-state index contributed by atoms with van der Waals surface area (Å²) in [6, 6.07) is 1.84. The highest BCUT2D eigenvalue weighted by atomic mass is 32.1. The van der Waals surface area contributed by atoms with E-state index in [1.807, 2.05) is 11.4 Å². The van der Waals surface area contributed by atoms with Gasteiger partial charge in [-0.2, -0.15) is 0 Å². The number of hydrogen-bond donors (Lipinski definition) is 2. The van der Waals surface area contributed by atoms with E-state index in [0.717, 1.165) is 24.1 Å². The Morgan fingerprint density at radius 2 is 2.39 bits per heavy atom. The lowest BCUT2D eigenvalue weighted by molar-refractivity contribution is 0.0821. The molecule has 1 aromatic heterocycles. The third-order valence-electron chi connectivity index (χ3n) is 3.54. The summed E-state index contributed by atoms with van der Waals surface area (Å²) < 4.78 is 0. The van der Waals surface area contributed by atoms with Gasteiger partial charge >= 0.3 is 0 Å². The van der Waals surface area contributed by atoms with Crippen molar-refractivity contribution in [3.63, 3.8) is 0 Å². The maximum atomic E-state index is 12.1. The lowest BCUT2D eigenvalue weighted by Crippen LogP contribution is -2.52. The van der Waals surface area contributed by atoms with Crippen LogP contribution in [0.1, 0.15) is 47.8 Å². The predicted molar refractivity (Wildman–Crippen MR) is 74.6 cm³/mol. The summed E-state index contributed by atoms with van der Waals surface area (Å²) >= 11 is 1.49. The first-order valence-corrected chi connectivity index (χ1v) is 7.17. The van der Waals surface area contributed by atoms with Crippen LogP contribution in [0.15, 0.2) is 11.4 Å². The van der Waals surface area contributed by atoms with E-state index in [0.29, 0.717) is 12.1 Å². The summed E-state index contributed by atoms with van der Waals surface area (Å²) in [6.07, 6.45) is 4.41. The summed E-state index contributed by atoms with van der Waals surface area (Å²) in [7, 11) is 0. The van der Waals surface area contributed by atoms with Crippen LogP contribution in [-0.2, 0) is 0 Å². The smallest absolute Gasteiger partial charge is 0.252 e. The van der Waals surface area contributed by atoms with Crippen molar-refractivity contribution >= 4 is 17.2 Å². The Kier molecular flexibility index (Phi) is 4.05. The van der Waals surface area contributed by atoms with Gasteiger partial charge in [-0.15, -0.1) is 11.3 Å². The first-order chi connectivity index (χ1) is 8.69. The topological polar surface area (TPSA) is 55.1 Å². The molecule has 0 atom stereocenters. The minimum Gasteiger partial charge on any atom is -0.347 e. The second kappa shape index (κ2) is 5.55. The van der Waals surface area contributed by atoms with E-state index >= 15 is 0 Å². The number of thiophene rings is 1. The van der Waals surface area contributed by atoms with Crippen LogP contribution < -0.4 is 11.1 Å². The van der Waals surface area contributed by atoms with Crippen molar-refractivity contribution in [1.82, 2.24) is 5.32 Å². The van der Waals surface area contributed by atoms with Crippen molar-refractivity contribution in [2.75, 3.05) is 6.54 Å². The monoisotopic (exact) mass is 262 g/mol. The minimum absolute atomic E-state index is 0.0219. The Labute approximate surface area is 112 Å². The van der Waals surface area contributed by atoms with Crippen LogP contribution in [0, 0.1) is 11.8 Å². The second-order valence-electron chi connectivity index (χ2n) is 4.65. The van der Waals surface area contributed by atoms with Crippen molar-refractivity contribution in [2.24, 2.45) is 5.73 Å². The van der Waals surface area contributed by atoms with Crippen molar-refractivity contribution in [3.05, 3.63) is 21.9 Å². The van der Waals surface area contributed by atoms with Crippen molar-refractivity contribution in [3.8, 4) is 11.8 Å². The molecule has 4 heteroatoms. The summed E-state index contributed by atoms with van der Waals surface area (Å²) in [5, 5.41) is 5.02. The third kappa shape index (κ3) is 2.74. The fourth-order valence-electron chi connectivity index (χ4n) is 2.14. The number of carbonyl (C=O) groups is 1. The van der Waals surface area contributed by atoms with Crippen LogP contribution in [0.4, 0.5) is 0 Å². The lowest BCUT2D eigenvalue weighted by Gasteiger charge is -2.41. The third-order valence-corrected chi connectivity index (χ3v) is 4.39. The van der Waals surface area contributed by atoms with E-state index in [1.54, 1.807) is 0 Å². The average molecular weight is 262 g/mol. The molecule has 0 bridgehead atoms. The highest BCUT2D eigenvalue weighted by molar-refractivity contribution is 7.10. The Morgan fingerprint density at radius 3 is 2.94 bits per heavy atom. The standard InChI is InChI=1S/C14H18N2OS/c1-2-14(6-4-7-14)16-13(17)11-9-12(18-10-11)5-3-8-15/h9-10H,2,4,6-8,15H2,1H3,(H,16,17). The molecule has 0 aliphatic heterocycles. The van der Waals surface area contributed by atoms with Crippen LogP contribution in [0.3, 0.4) is 0 Å².